The van der Waals surface area contributed by atoms with E-state index in [-0.39, 0.29) is 0 Å². The maximum absolute atomic E-state index is 10.5. The molecule has 0 aliphatic carbocycles. The van der Waals surface area contributed by atoms with E-state index >= 15 is 0 Å². The SMILES string of the molecule is COc1cc(Br)c(C(O)Cc2ccc(Br)cc2)cc1OC. The van der Waals surface area contributed by atoms with Crippen molar-refractivity contribution in [1.82, 2.24) is 0 Å². The van der Waals surface area contributed by atoms with Gasteiger partial charge in [-0.3, -0.25) is 0 Å². The molecule has 1 atom stereocenters. The molecule has 0 aliphatic heterocycles. The Hall–Kier alpha value is -1.04. The normalized spacial score (nSPS) is 12.0. The van der Waals surface area contributed by atoms with Crippen molar-refractivity contribution in [3.63, 3.8) is 0 Å². The summed E-state index contributed by atoms with van der Waals surface area (Å²) in [5, 5.41) is 10.5. The van der Waals surface area contributed by atoms with Gasteiger partial charge in [0, 0.05) is 15.4 Å². The van der Waals surface area contributed by atoms with Gasteiger partial charge in [0.05, 0.1) is 20.3 Å². The van der Waals surface area contributed by atoms with E-state index in [1.165, 1.54) is 0 Å². The number of hydrogen-bond acceptors (Lipinski definition) is 3. The number of hydrogen-bond donors (Lipinski definition) is 1. The lowest BCUT2D eigenvalue weighted by molar-refractivity contribution is 0.177. The molecule has 0 radical (unpaired) electrons. The minimum absolute atomic E-state index is 0.529. The number of methoxy groups -OCH3 is 2. The van der Waals surface area contributed by atoms with E-state index in [0.29, 0.717) is 17.9 Å². The van der Waals surface area contributed by atoms with Crippen LogP contribution in [0.1, 0.15) is 17.2 Å². The minimum atomic E-state index is -0.625. The molecule has 2 aromatic rings. The first-order chi connectivity index (χ1) is 10.0. The number of rotatable bonds is 5. The zero-order valence-corrected chi connectivity index (χ0v) is 14.9. The highest BCUT2D eigenvalue weighted by atomic mass is 79.9. The summed E-state index contributed by atoms with van der Waals surface area (Å²) in [6, 6.07) is 11.5. The molecule has 2 rings (SSSR count). The van der Waals surface area contributed by atoms with Crippen LogP contribution >= 0.6 is 31.9 Å². The van der Waals surface area contributed by atoms with Crippen LogP contribution in [-0.4, -0.2) is 19.3 Å². The third-order valence-corrected chi connectivity index (χ3v) is 4.42. The summed E-state index contributed by atoms with van der Waals surface area (Å²) in [6.07, 6.45) is -0.0955. The van der Waals surface area contributed by atoms with Crippen molar-refractivity contribution in [2.45, 2.75) is 12.5 Å². The highest BCUT2D eigenvalue weighted by molar-refractivity contribution is 9.10. The summed E-state index contributed by atoms with van der Waals surface area (Å²) in [7, 11) is 3.17. The van der Waals surface area contributed by atoms with Gasteiger partial charge in [0.15, 0.2) is 11.5 Å². The molecule has 1 unspecified atom stereocenters. The first-order valence-corrected chi connectivity index (χ1v) is 7.97. The Morgan fingerprint density at radius 1 is 1.00 bits per heavy atom. The summed E-state index contributed by atoms with van der Waals surface area (Å²) in [6.45, 7) is 0. The van der Waals surface area contributed by atoms with Crippen molar-refractivity contribution in [1.29, 1.82) is 0 Å². The van der Waals surface area contributed by atoms with Crippen molar-refractivity contribution in [2.75, 3.05) is 14.2 Å². The molecule has 0 aromatic heterocycles. The number of aliphatic hydroxyl groups is 1. The first-order valence-electron chi connectivity index (χ1n) is 6.39. The molecule has 0 saturated heterocycles. The summed E-state index contributed by atoms with van der Waals surface area (Å²) in [5.41, 5.74) is 1.84. The van der Waals surface area contributed by atoms with Gasteiger partial charge in [0.2, 0.25) is 0 Å². The monoisotopic (exact) mass is 414 g/mol. The van der Waals surface area contributed by atoms with Crippen molar-refractivity contribution < 1.29 is 14.6 Å². The predicted octanol–water partition coefficient (Wildman–Crippen LogP) is 4.50. The van der Waals surface area contributed by atoms with Crippen LogP contribution in [0.3, 0.4) is 0 Å². The van der Waals surface area contributed by atoms with E-state index in [1.54, 1.807) is 26.4 Å². The van der Waals surface area contributed by atoms with Crippen LogP contribution in [0.4, 0.5) is 0 Å². The van der Waals surface area contributed by atoms with Crippen molar-refractivity contribution in [3.8, 4) is 11.5 Å². The second kappa shape index (κ2) is 7.29. The molecule has 0 fully saturated rings. The topological polar surface area (TPSA) is 38.7 Å². The molecule has 112 valence electrons. The lowest BCUT2D eigenvalue weighted by Crippen LogP contribution is -2.04. The van der Waals surface area contributed by atoms with Gasteiger partial charge in [-0.15, -0.1) is 0 Å². The van der Waals surface area contributed by atoms with Gasteiger partial charge >= 0.3 is 0 Å². The Bertz CT molecular complexity index is 612. The van der Waals surface area contributed by atoms with Crippen LogP contribution in [0, 0.1) is 0 Å². The van der Waals surface area contributed by atoms with E-state index in [1.807, 2.05) is 24.3 Å². The zero-order valence-electron chi connectivity index (χ0n) is 11.8. The van der Waals surface area contributed by atoms with Gasteiger partial charge in [-0.25, -0.2) is 0 Å². The Kier molecular flexibility index (Phi) is 5.67. The molecule has 0 spiro atoms. The molecule has 5 heteroatoms. The maximum atomic E-state index is 10.5. The Labute approximate surface area is 141 Å². The fourth-order valence-electron chi connectivity index (χ4n) is 2.08. The number of halogens is 2. The Balaban J connectivity index is 2.26. The fraction of sp³-hybridized carbons (Fsp3) is 0.250. The Morgan fingerprint density at radius 3 is 2.14 bits per heavy atom. The van der Waals surface area contributed by atoms with Crippen LogP contribution in [0.2, 0.25) is 0 Å². The molecule has 3 nitrogen and oxygen atoms in total. The van der Waals surface area contributed by atoms with E-state index in [4.69, 9.17) is 9.47 Å². The number of benzene rings is 2. The van der Waals surface area contributed by atoms with Crippen LogP contribution < -0.4 is 9.47 Å². The van der Waals surface area contributed by atoms with Crippen molar-refractivity contribution >= 4 is 31.9 Å². The van der Waals surface area contributed by atoms with E-state index < -0.39 is 6.10 Å². The second-order valence-corrected chi connectivity index (χ2v) is 6.35. The molecule has 1 N–H and O–H groups in total. The predicted molar refractivity (Wildman–Crippen MR) is 90.1 cm³/mol. The van der Waals surface area contributed by atoms with Crippen LogP contribution in [-0.2, 0) is 6.42 Å². The largest absolute Gasteiger partial charge is 0.493 e. The third kappa shape index (κ3) is 3.99. The molecule has 0 amide bonds. The van der Waals surface area contributed by atoms with Crippen LogP contribution in [0.15, 0.2) is 45.3 Å². The van der Waals surface area contributed by atoms with Crippen molar-refractivity contribution in [3.05, 3.63) is 56.5 Å². The van der Waals surface area contributed by atoms with E-state index in [9.17, 15) is 5.11 Å². The molecule has 0 aliphatic rings. The van der Waals surface area contributed by atoms with Gasteiger partial charge in [-0.2, -0.15) is 0 Å². The molecule has 0 bridgehead atoms. The summed E-state index contributed by atoms with van der Waals surface area (Å²) >= 11 is 6.88. The summed E-state index contributed by atoms with van der Waals surface area (Å²) in [5.74, 6) is 1.23. The lowest BCUT2D eigenvalue weighted by atomic mass is 10.0. The van der Waals surface area contributed by atoms with E-state index in [0.717, 1.165) is 20.1 Å². The van der Waals surface area contributed by atoms with Crippen LogP contribution in [0.5, 0.6) is 11.5 Å². The minimum Gasteiger partial charge on any atom is -0.493 e. The smallest absolute Gasteiger partial charge is 0.161 e. The maximum Gasteiger partial charge on any atom is 0.161 e. The molecule has 2 aromatic carbocycles. The van der Waals surface area contributed by atoms with Gasteiger partial charge in [-0.1, -0.05) is 44.0 Å². The molecule has 0 saturated carbocycles. The zero-order chi connectivity index (χ0) is 15.4. The quantitative estimate of drug-likeness (QED) is 0.780. The number of ether oxygens (including phenoxy) is 2. The Morgan fingerprint density at radius 2 is 1.57 bits per heavy atom. The van der Waals surface area contributed by atoms with Gasteiger partial charge in [0.25, 0.3) is 0 Å². The number of aliphatic hydroxyl groups excluding tert-OH is 1. The molecular formula is C16H16Br2O3. The second-order valence-electron chi connectivity index (χ2n) is 4.58. The van der Waals surface area contributed by atoms with Crippen molar-refractivity contribution in [2.24, 2.45) is 0 Å². The van der Waals surface area contributed by atoms with E-state index in [2.05, 4.69) is 31.9 Å². The molecule has 21 heavy (non-hydrogen) atoms. The average molecular weight is 416 g/mol. The highest BCUT2D eigenvalue weighted by Crippen LogP contribution is 2.36. The van der Waals surface area contributed by atoms with Gasteiger partial charge < -0.3 is 14.6 Å². The molecule has 0 heterocycles. The highest BCUT2D eigenvalue weighted by Gasteiger charge is 2.16. The summed E-state index contributed by atoms with van der Waals surface area (Å²) in [4.78, 5) is 0. The third-order valence-electron chi connectivity index (χ3n) is 3.20. The fourth-order valence-corrected chi connectivity index (χ4v) is 2.93. The first kappa shape index (κ1) is 16.3. The standard InChI is InChI=1S/C16H16Br2O3/c1-20-15-8-12(13(18)9-16(15)21-2)14(19)7-10-3-5-11(17)6-4-10/h3-6,8-9,14,19H,7H2,1-2H3. The van der Waals surface area contributed by atoms with Gasteiger partial charge in [-0.05, 0) is 35.4 Å². The van der Waals surface area contributed by atoms with Gasteiger partial charge in [0.1, 0.15) is 0 Å². The van der Waals surface area contributed by atoms with Crippen LogP contribution in [0.25, 0.3) is 0 Å². The summed E-state index contributed by atoms with van der Waals surface area (Å²) < 4.78 is 12.3. The lowest BCUT2D eigenvalue weighted by Gasteiger charge is -2.16. The average Bonchev–Trinajstić information content (AvgIpc) is 2.49. The molecular weight excluding hydrogens is 400 g/mol.